The van der Waals surface area contributed by atoms with Gasteiger partial charge in [0.15, 0.2) is 0 Å². The van der Waals surface area contributed by atoms with E-state index >= 15 is 0 Å². The normalized spacial score (nSPS) is 23.5. The van der Waals surface area contributed by atoms with Crippen LogP contribution < -0.4 is 5.32 Å². The van der Waals surface area contributed by atoms with Crippen molar-refractivity contribution >= 4 is 12.1 Å². The predicted molar refractivity (Wildman–Crippen MR) is 106 cm³/mol. The number of carboxylic acid groups (broad SMARTS) is 1. The highest BCUT2D eigenvalue weighted by atomic mass is 16.5. The fourth-order valence-corrected chi connectivity index (χ4v) is 4.60. The molecule has 2 aromatic carbocycles. The summed E-state index contributed by atoms with van der Waals surface area (Å²) in [6.07, 6.45) is 2.47. The van der Waals surface area contributed by atoms with Crippen molar-refractivity contribution in [1.29, 1.82) is 0 Å². The number of nitrogens with one attached hydrogen (secondary N) is 1. The first-order chi connectivity index (χ1) is 13.5. The Morgan fingerprint density at radius 1 is 1.07 bits per heavy atom. The van der Waals surface area contributed by atoms with Gasteiger partial charge in [0.2, 0.25) is 0 Å². The van der Waals surface area contributed by atoms with Crippen molar-refractivity contribution in [2.45, 2.75) is 44.6 Å². The number of alkyl carbamates (subject to hydrolysis) is 1. The monoisotopic (exact) mass is 379 g/mol. The van der Waals surface area contributed by atoms with E-state index in [0.29, 0.717) is 12.8 Å². The van der Waals surface area contributed by atoms with E-state index in [9.17, 15) is 14.7 Å². The number of fused-ring (bicyclic) bond motifs is 3. The number of carbonyl (C=O) groups is 2. The summed E-state index contributed by atoms with van der Waals surface area (Å²) in [5.41, 5.74) is 3.73. The van der Waals surface area contributed by atoms with E-state index < -0.39 is 23.5 Å². The van der Waals surface area contributed by atoms with Gasteiger partial charge in [-0.2, -0.15) is 0 Å². The second kappa shape index (κ2) is 7.30. The lowest BCUT2D eigenvalue weighted by atomic mass is 9.72. The Kier molecular flexibility index (Phi) is 4.84. The zero-order valence-corrected chi connectivity index (χ0v) is 16.0. The van der Waals surface area contributed by atoms with E-state index in [1.807, 2.05) is 24.3 Å². The minimum absolute atomic E-state index is 0.00429. The molecule has 0 bridgehead atoms. The highest BCUT2D eigenvalue weighted by molar-refractivity contribution is 5.79. The van der Waals surface area contributed by atoms with Gasteiger partial charge in [-0.05, 0) is 42.0 Å². The highest BCUT2D eigenvalue weighted by Crippen LogP contribution is 2.44. The number of ether oxygens (including phenoxy) is 1. The molecule has 0 aliphatic heterocycles. The van der Waals surface area contributed by atoms with Crippen LogP contribution in [-0.4, -0.2) is 29.8 Å². The van der Waals surface area contributed by atoms with Crippen LogP contribution in [-0.2, 0) is 9.53 Å². The second-order valence-electron chi connectivity index (χ2n) is 7.99. The van der Waals surface area contributed by atoms with Crippen LogP contribution in [0.15, 0.2) is 48.5 Å². The maximum atomic E-state index is 12.5. The Morgan fingerprint density at radius 3 is 2.29 bits per heavy atom. The summed E-state index contributed by atoms with van der Waals surface area (Å²) < 4.78 is 5.57. The fourth-order valence-electron chi connectivity index (χ4n) is 4.60. The fraction of sp³-hybridized carbons (Fsp3) is 0.391. The van der Waals surface area contributed by atoms with Crippen molar-refractivity contribution in [3.8, 4) is 11.1 Å². The number of carbonyl (C=O) groups excluding carboxylic acids is 1. The minimum atomic E-state index is -0.941. The van der Waals surface area contributed by atoms with Gasteiger partial charge in [0, 0.05) is 12.0 Å². The Labute approximate surface area is 164 Å². The van der Waals surface area contributed by atoms with Gasteiger partial charge in [0.05, 0.1) is 5.41 Å². The summed E-state index contributed by atoms with van der Waals surface area (Å²) in [6, 6.07) is 15.9. The van der Waals surface area contributed by atoms with Crippen LogP contribution in [0.4, 0.5) is 4.79 Å². The largest absolute Gasteiger partial charge is 0.481 e. The molecular weight excluding hydrogens is 354 g/mol. The second-order valence-corrected chi connectivity index (χ2v) is 7.99. The molecule has 1 saturated carbocycles. The summed E-state index contributed by atoms with van der Waals surface area (Å²) >= 11 is 0. The number of hydrogen-bond donors (Lipinski definition) is 2. The van der Waals surface area contributed by atoms with E-state index in [0.717, 1.165) is 24.0 Å². The maximum absolute atomic E-state index is 12.5. The summed E-state index contributed by atoms with van der Waals surface area (Å²) in [6.45, 7) is 1.94. The number of carboxylic acids is 1. The molecule has 0 radical (unpaired) electrons. The Morgan fingerprint density at radius 2 is 1.68 bits per heavy atom. The van der Waals surface area contributed by atoms with Gasteiger partial charge in [-0.25, -0.2) is 4.79 Å². The first-order valence-electron chi connectivity index (χ1n) is 9.85. The van der Waals surface area contributed by atoms with Crippen molar-refractivity contribution < 1.29 is 19.4 Å². The van der Waals surface area contributed by atoms with Crippen LogP contribution in [0.5, 0.6) is 0 Å². The first kappa shape index (κ1) is 18.5. The molecule has 0 spiro atoms. The van der Waals surface area contributed by atoms with E-state index in [4.69, 9.17) is 4.74 Å². The summed E-state index contributed by atoms with van der Waals surface area (Å²) in [7, 11) is 0. The standard InChI is InChI=1S/C23H25NO4/c1-23(21(25)26)13-7-6-12-20(23)24-22(27)28-14-19-17-10-4-2-8-15(17)16-9-3-5-11-18(16)19/h2-5,8-11,19-20H,6-7,12-14H2,1H3,(H,24,27)(H,25,26). The number of benzene rings is 2. The van der Waals surface area contributed by atoms with Gasteiger partial charge < -0.3 is 15.2 Å². The molecule has 2 aliphatic carbocycles. The Balaban J connectivity index is 1.46. The summed E-state index contributed by atoms with van der Waals surface area (Å²) in [5, 5.41) is 12.4. The summed E-state index contributed by atoms with van der Waals surface area (Å²) in [5.74, 6) is -0.869. The number of hydrogen-bond acceptors (Lipinski definition) is 3. The molecule has 2 aliphatic rings. The predicted octanol–water partition coefficient (Wildman–Crippen LogP) is 4.56. The molecule has 1 amide bonds. The van der Waals surface area contributed by atoms with Crippen LogP contribution in [0.25, 0.3) is 11.1 Å². The average Bonchev–Trinajstić information content (AvgIpc) is 3.02. The molecule has 1 fully saturated rings. The molecule has 5 nitrogen and oxygen atoms in total. The van der Waals surface area contributed by atoms with Crippen molar-refractivity contribution in [1.82, 2.24) is 5.32 Å². The molecule has 0 heterocycles. The van der Waals surface area contributed by atoms with Gasteiger partial charge in [-0.1, -0.05) is 61.4 Å². The third kappa shape index (κ3) is 3.15. The molecule has 5 heteroatoms. The molecule has 2 atom stereocenters. The van der Waals surface area contributed by atoms with E-state index in [2.05, 4.69) is 29.6 Å². The van der Waals surface area contributed by atoms with Gasteiger partial charge in [-0.3, -0.25) is 4.79 Å². The molecule has 2 unspecified atom stereocenters. The molecule has 28 heavy (non-hydrogen) atoms. The van der Waals surface area contributed by atoms with Gasteiger partial charge in [0.25, 0.3) is 0 Å². The van der Waals surface area contributed by atoms with Crippen LogP contribution in [0.3, 0.4) is 0 Å². The third-order valence-electron chi connectivity index (χ3n) is 6.33. The zero-order chi connectivity index (χ0) is 19.7. The first-order valence-corrected chi connectivity index (χ1v) is 9.85. The van der Waals surface area contributed by atoms with Crippen molar-refractivity contribution in [2.24, 2.45) is 5.41 Å². The van der Waals surface area contributed by atoms with E-state index in [1.165, 1.54) is 11.1 Å². The van der Waals surface area contributed by atoms with Gasteiger partial charge in [-0.15, -0.1) is 0 Å². The quantitative estimate of drug-likeness (QED) is 0.817. The van der Waals surface area contributed by atoms with Gasteiger partial charge in [0.1, 0.15) is 6.61 Å². The molecule has 4 rings (SSSR count). The van der Waals surface area contributed by atoms with Crippen LogP contribution >= 0.6 is 0 Å². The number of rotatable bonds is 4. The SMILES string of the molecule is CC1(C(=O)O)CCCCC1NC(=O)OCC1c2ccccc2-c2ccccc21. The molecule has 2 aromatic rings. The average molecular weight is 379 g/mol. The third-order valence-corrected chi connectivity index (χ3v) is 6.33. The topological polar surface area (TPSA) is 75.6 Å². The Hall–Kier alpha value is -2.82. The lowest BCUT2D eigenvalue weighted by molar-refractivity contribution is -0.151. The highest BCUT2D eigenvalue weighted by Gasteiger charge is 2.44. The number of aliphatic carboxylic acids is 1. The molecule has 0 saturated heterocycles. The zero-order valence-electron chi connectivity index (χ0n) is 16.0. The van der Waals surface area contributed by atoms with Crippen LogP contribution in [0.1, 0.15) is 49.7 Å². The molecule has 2 N–H and O–H groups in total. The van der Waals surface area contributed by atoms with E-state index in [1.54, 1.807) is 6.92 Å². The lowest BCUT2D eigenvalue weighted by Crippen LogP contribution is -2.52. The minimum Gasteiger partial charge on any atom is -0.481 e. The van der Waals surface area contributed by atoms with Crippen molar-refractivity contribution in [2.75, 3.05) is 6.61 Å². The van der Waals surface area contributed by atoms with Crippen LogP contribution in [0, 0.1) is 5.41 Å². The van der Waals surface area contributed by atoms with Gasteiger partial charge >= 0.3 is 12.1 Å². The smallest absolute Gasteiger partial charge is 0.407 e. The van der Waals surface area contributed by atoms with Crippen molar-refractivity contribution in [3.63, 3.8) is 0 Å². The summed E-state index contributed by atoms with van der Waals surface area (Å²) in [4.78, 5) is 24.2. The van der Waals surface area contributed by atoms with E-state index in [-0.39, 0.29) is 12.5 Å². The van der Waals surface area contributed by atoms with Crippen molar-refractivity contribution in [3.05, 3.63) is 59.7 Å². The lowest BCUT2D eigenvalue weighted by Gasteiger charge is -2.38. The Bertz CT molecular complexity index is 863. The molecule has 146 valence electrons. The number of amides is 1. The molecular formula is C23H25NO4. The molecule has 0 aromatic heterocycles. The maximum Gasteiger partial charge on any atom is 0.407 e. The van der Waals surface area contributed by atoms with Crippen LogP contribution in [0.2, 0.25) is 0 Å².